The van der Waals surface area contributed by atoms with E-state index >= 15 is 0 Å². The highest BCUT2D eigenvalue weighted by Gasteiger charge is 2.16. The maximum Gasteiger partial charge on any atom is 0.346 e. The monoisotopic (exact) mass is 339 g/mol. The van der Waals surface area contributed by atoms with Crippen LogP contribution in [0.1, 0.15) is 31.2 Å². The number of phenolic OH excluding ortho intramolecular Hbond substituents is 1. The van der Waals surface area contributed by atoms with Gasteiger partial charge in [-0.25, -0.2) is 9.78 Å². The third-order valence-corrected chi connectivity index (χ3v) is 4.77. The van der Waals surface area contributed by atoms with Gasteiger partial charge >= 0.3 is 5.97 Å². The second-order valence-electron chi connectivity index (χ2n) is 5.23. The predicted octanol–water partition coefficient (Wildman–Crippen LogP) is 3.90. The number of hydrogen-bond acceptors (Lipinski definition) is 5. The third kappa shape index (κ3) is 3.04. The first-order valence-corrected chi connectivity index (χ1v) is 7.91. The normalized spacial score (nSPS) is 11.2. The Hall–Kier alpha value is -2.99. The number of aromatic hydroxyl groups is 1. The molecule has 0 unspecified atom stereocenters. The lowest BCUT2D eigenvalue weighted by Crippen LogP contribution is -1.96. The molecule has 120 valence electrons. The van der Waals surface area contributed by atoms with Crippen molar-refractivity contribution in [1.82, 2.24) is 4.98 Å². The molecule has 24 heavy (non-hydrogen) atoms. The lowest BCUT2D eigenvalue weighted by Gasteiger charge is -1.98. The molecule has 0 amide bonds. The summed E-state index contributed by atoms with van der Waals surface area (Å²) >= 11 is 1.10. The molecule has 1 aromatic carbocycles. The molecule has 6 heteroatoms. The maximum absolute atomic E-state index is 12.3. The Bertz CT molecular complexity index is 988. The van der Waals surface area contributed by atoms with Crippen molar-refractivity contribution in [1.29, 1.82) is 0 Å². The molecule has 0 aliphatic carbocycles. The van der Waals surface area contributed by atoms with Crippen LogP contribution in [0.5, 0.6) is 5.75 Å². The molecule has 0 aliphatic rings. The second kappa shape index (κ2) is 6.25. The maximum atomic E-state index is 12.3. The first-order chi connectivity index (χ1) is 11.5. The number of benzene rings is 1. The summed E-state index contributed by atoms with van der Waals surface area (Å²) in [6.07, 6.45) is 4.45. The zero-order valence-corrected chi connectivity index (χ0v) is 13.5. The average Bonchev–Trinajstić information content (AvgIpc) is 2.89. The summed E-state index contributed by atoms with van der Waals surface area (Å²) in [7, 11) is 0. The molecule has 2 aromatic heterocycles. The fourth-order valence-corrected chi connectivity index (χ4v) is 3.30. The summed E-state index contributed by atoms with van der Waals surface area (Å²) in [4.78, 5) is 28.5. The Labute approximate surface area is 141 Å². The highest BCUT2D eigenvalue weighted by atomic mass is 32.1. The van der Waals surface area contributed by atoms with E-state index in [4.69, 9.17) is 5.11 Å². The molecule has 0 fully saturated rings. The molecule has 3 aromatic rings. The number of carbonyl (C=O) groups is 2. The van der Waals surface area contributed by atoms with Gasteiger partial charge in [0.15, 0.2) is 5.78 Å². The Morgan fingerprint density at radius 1 is 1.25 bits per heavy atom. The first-order valence-electron chi connectivity index (χ1n) is 7.09. The summed E-state index contributed by atoms with van der Waals surface area (Å²) in [5.74, 6) is -1.11. The van der Waals surface area contributed by atoms with Crippen molar-refractivity contribution >= 4 is 39.4 Å². The van der Waals surface area contributed by atoms with Crippen molar-refractivity contribution in [3.63, 3.8) is 0 Å². The van der Waals surface area contributed by atoms with E-state index in [9.17, 15) is 14.7 Å². The van der Waals surface area contributed by atoms with Crippen LogP contribution in [0, 0.1) is 6.92 Å². The molecule has 0 saturated heterocycles. The van der Waals surface area contributed by atoms with Crippen LogP contribution in [0.15, 0.2) is 42.6 Å². The summed E-state index contributed by atoms with van der Waals surface area (Å²) < 4.78 is 0. The number of ketones is 1. The number of aromatic nitrogens is 1. The second-order valence-corrected chi connectivity index (χ2v) is 6.23. The quantitative estimate of drug-likeness (QED) is 0.556. The van der Waals surface area contributed by atoms with Crippen LogP contribution in [0.25, 0.3) is 16.3 Å². The zero-order chi connectivity index (χ0) is 17.3. The van der Waals surface area contributed by atoms with Gasteiger partial charge in [0, 0.05) is 17.1 Å². The number of phenols is 1. The van der Waals surface area contributed by atoms with E-state index in [1.807, 2.05) is 0 Å². The molecule has 2 heterocycles. The number of nitrogens with zero attached hydrogens (tertiary/aromatic N) is 1. The standard InChI is InChI=1S/C18H13NO4S/c1-10-14-8-12(9-19-17(14)24-16(10)18(22)23)15(21)6-5-11-3-2-4-13(20)7-11/h2-9,20H,1H3,(H,22,23)/b6-5+. The Morgan fingerprint density at radius 3 is 2.75 bits per heavy atom. The fourth-order valence-electron chi connectivity index (χ4n) is 2.33. The molecule has 0 spiro atoms. The first kappa shape index (κ1) is 15.9. The van der Waals surface area contributed by atoms with Crippen molar-refractivity contribution in [3.05, 3.63) is 64.2 Å². The highest BCUT2D eigenvalue weighted by Crippen LogP contribution is 2.30. The van der Waals surface area contributed by atoms with Crippen LogP contribution < -0.4 is 0 Å². The number of hydrogen-bond donors (Lipinski definition) is 2. The number of rotatable bonds is 4. The molecule has 0 saturated carbocycles. The van der Waals surface area contributed by atoms with Gasteiger partial charge in [0.25, 0.3) is 0 Å². The van der Waals surface area contributed by atoms with E-state index in [0.29, 0.717) is 26.9 Å². The van der Waals surface area contributed by atoms with Crippen LogP contribution in [0.3, 0.4) is 0 Å². The van der Waals surface area contributed by atoms with E-state index in [-0.39, 0.29) is 16.4 Å². The van der Waals surface area contributed by atoms with E-state index in [1.165, 1.54) is 12.3 Å². The third-order valence-electron chi connectivity index (χ3n) is 3.57. The summed E-state index contributed by atoms with van der Waals surface area (Å²) in [5.41, 5.74) is 1.70. The number of allylic oxidation sites excluding steroid dienone is 1. The molecular formula is C18H13NO4S. The lowest BCUT2D eigenvalue weighted by molar-refractivity contribution is 0.0701. The fraction of sp³-hybridized carbons (Fsp3) is 0.0556. The average molecular weight is 339 g/mol. The van der Waals surface area contributed by atoms with E-state index in [2.05, 4.69) is 4.98 Å². The topological polar surface area (TPSA) is 87.5 Å². The minimum Gasteiger partial charge on any atom is -0.508 e. The van der Waals surface area contributed by atoms with Crippen LogP contribution in [0.4, 0.5) is 0 Å². The van der Waals surface area contributed by atoms with Crippen molar-refractivity contribution < 1.29 is 19.8 Å². The van der Waals surface area contributed by atoms with Gasteiger partial charge in [0.05, 0.1) is 0 Å². The van der Waals surface area contributed by atoms with Gasteiger partial charge in [-0.05, 0) is 42.3 Å². The van der Waals surface area contributed by atoms with Gasteiger partial charge in [-0.15, -0.1) is 11.3 Å². The van der Waals surface area contributed by atoms with Gasteiger partial charge < -0.3 is 10.2 Å². The molecule has 3 rings (SSSR count). The smallest absolute Gasteiger partial charge is 0.346 e. The van der Waals surface area contributed by atoms with Crippen molar-refractivity contribution in [2.45, 2.75) is 6.92 Å². The van der Waals surface area contributed by atoms with Crippen LogP contribution in [0.2, 0.25) is 0 Å². The van der Waals surface area contributed by atoms with Crippen LogP contribution >= 0.6 is 11.3 Å². The van der Waals surface area contributed by atoms with Crippen molar-refractivity contribution in [2.24, 2.45) is 0 Å². The number of thiophene rings is 1. The minimum absolute atomic E-state index is 0.128. The zero-order valence-electron chi connectivity index (χ0n) is 12.7. The Morgan fingerprint density at radius 2 is 2.04 bits per heavy atom. The summed E-state index contributed by atoms with van der Waals surface area (Å²) in [6.45, 7) is 1.71. The van der Waals surface area contributed by atoms with Gasteiger partial charge in [0.2, 0.25) is 0 Å². The van der Waals surface area contributed by atoms with Crippen LogP contribution in [-0.4, -0.2) is 26.9 Å². The number of carbonyl (C=O) groups excluding carboxylic acids is 1. The number of pyridine rings is 1. The molecule has 5 nitrogen and oxygen atoms in total. The number of carboxylic acids is 1. The van der Waals surface area contributed by atoms with E-state index in [1.54, 1.807) is 43.3 Å². The van der Waals surface area contributed by atoms with Gasteiger partial charge in [-0.1, -0.05) is 18.2 Å². The SMILES string of the molecule is Cc1c(C(=O)O)sc2ncc(C(=O)/C=C/c3cccc(O)c3)cc12. The lowest BCUT2D eigenvalue weighted by atomic mass is 10.1. The van der Waals surface area contributed by atoms with Crippen molar-refractivity contribution in [2.75, 3.05) is 0 Å². The number of carboxylic acid groups (broad SMARTS) is 1. The van der Waals surface area contributed by atoms with Gasteiger partial charge in [-0.3, -0.25) is 4.79 Å². The molecule has 2 N–H and O–H groups in total. The van der Waals surface area contributed by atoms with Crippen LogP contribution in [-0.2, 0) is 0 Å². The number of aromatic carboxylic acids is 1. The predicted molar refractivity (Wildman–Crippen MR) is 92.8 cm³/mol. The summed E-state index contributed by atoms with van der Waals surface area (Å²) in [5, 5.41) is 19.3. The molecular weight excluding hydrogens is 326 g/mol. The highest BCUT2D eigenvalue weighted by molar-refractivity contribution is 7.20. The van der Waals surface area contributed by atoms with E-state index < -0.39 is 5.97 Å². The number of fused-ring (bicyclic) bond motifs is 1. The largest absolute Gasteiger partial charge is 0.508 e. The number of aryl methyl sites for hydroxylation is 1. The van der Waals surface area contributed by atoms with Gasteiger partial charge in [0.1, 0.15) is 15.5 Å². The van der Waals surface area contributed by atoms with Crippen molar-refractivity contribution in [3.8, 4) is 5.75 Å². The Kier molecular flexibility index (Phi) is 4.14. The van der Waals surface area contributed by atoms with E-state index in [0.717, 1.165) is 11.3 Å². The molecule has 0 aliphatic heterocycles. The van der Waals surface area contributed by atoms with Gasteiger partial charge in [-0.2, -0.15) is 0 Å². The molecule has 0 atom stereocenters. The minimum atomic E-state index is -0.993. The molecule has 0 radical (unpaired) electrons. The summed E-state index contributed by atoms with van der Waals surface area (Å²) in [6, 6.07) is 8.22. The Balaban J connectivity index is 1.92. The molecule has 0 bridgehead atoms.